The molecule has 1 atom stereocenters. The van der Waals surface area contributed by atoms with Crippen molar-refractivity contribution in [3.8, 4) is 0 Å². The fraction of sp³-hybridized carbons (Fsp3) is 0.562. The molecule has 1 heterocycles. The van der Waals surface area contributed by atoms with Gasteiger partial charge in [0.25, 0.3) is 5.76 Å². The Hall–Kier alpha value is -1.34. The summed E-state index contributed by atoms with van der Waals surface area (Å²) in [5.41, 5.74) is 0.426. The van der Waals surface area contributed by atoms with Crippen LogP contribution in [-0.2, 0) is 4.74 Å². The quantitative estimate of drug-likeness (QED) is 0.783. The molecule has 0 aliphatic carbocycles. The Morgan fingerprint density at radius 1 is 1.48 bits per heavy atom. The Morgan fingerprint density at radius 2 is 2.26 bits per heavy atom. The number of anilines is 1. The average Bonchev–Trinajstić information content (AvgIpc) is 2.54. The van der Waals surface area contributed by atoms with Crippen LogP contribution in [0.1, 0.15) is 19.8 Å². The number of carbonyl (C=O) groups is 1. The number of hydrogen-bond donors (Lipinski definition) is 1. The van der Waals surface area contributed by atoms with Gasteiger partial charge >= 0.3 is 6.03 Å². The van der Waals surface area contributed by atoms with Crippen LogP contribution in [0.4, 0.5) is 19.3 Å². The molecule has 1 aromatic rings. The maximum Gasteiger partial charge on any atom is 0.321 e. The van der Waals surface area contributed by atoms with E-state index in [9.17, 15) is 13.6 Å². The molecule has 0 aromatic heterocycles. The predicted octanol–water partition coefficient (Wildman–Crippen LogP) is 4.28. The van der Waals surface area contributed by atoms with Gasteiger partial charge in [-0.25, -0.2) is 4.79 Å². The van der Waals surface area contributed by atoms with Gasteiger partial charge in [0.2, 0.25) is 0 Å². The Kier molecular flexibility index (Phi) is 7.11. The number of likely N-dealkylation sites (tertiary alicyclic amines) is 1. The molecular formula is C16H22F2N2O2S. The number of halogens is 2. The molecule has 1 fully saturated rings. The SMILES string of the molecule is CCOC[C@@H]1CCCN(C(=O)Nc2ccccc2SC(F)F)C1. The normalized spacial score (nSPS) is 18.3. The number of para-hydroxylation sites is 1. The lowest BCUT2D eigenvalue weighted by atomic mass is 9.99. The summed E-state index contributed by atoms with van der Waals surface area (Å²) in [6.45, 7) is 4.58. The summed E-state index contributed by atoms with van der Waals surface area (Å²) in [4.78, 5) is 14.5. The van der Waals surface area contributed by atoms with Crippen molar-refractivity contribution in [1.82, 2.24) is 4.90 Å². The Balaban J connectivity index is 1.96. The summed E-state index contributed by atoms with van der Waals surface area (Å²) in [7, 11) is 0. The number of nitrogens with one attached hydrogen (secondary N) is 1. The van der Waals surface area contributed by atoms with Gasteiger partial charge in [-0.1, -0.05) is 23.9 Å². The van der Waals surface area contributed by atoms with Crippen LogP contribution >= 0.6 is 11.8 Å². The molecule has 1 aliphatic rings. The number of urea groups is 1. The first-order valence-corrected chi connectivity index (χ1v) is 8.65. The molecule has 1 saturated heterocycles. The van der Waals surface area contributed by atoms with E-state index in [1.54, 1.807) is 29.2 Å². The molecule has 2 rings (SSSR count). The van der Waals surface area contributed by atoms with E-state index < -0.39 is 5.76 Å². The van der Waals surface area contributed by atoms with Crippen LogP contribution in [0.25, 0.3) is 0 Å². The second-order valence-corrected chi connectivity index (χ2v) is 6.45. The third-order valence-corrected chi connectivity index (χ3v) is 4.50. The lowest BCUT2D eigenvalue weighted by molar-refractivity contribution is 0.0777. The van der Waals surface area contributed by atoms with Crippen molar-refractivity contribution in [2.24, 2.45) is 5.92 Å². The lowest BCUT2D eigenvalue weighted by Crippen LogP contribution is -2.43. The molecule has 4 nitrogen and oxygen atoms in total. The second kappa shape index (κ2) is 9.08. The molecule has 23 heavy (non-hydrogen) atoms. The predicted molar refractivity (Wildman–Crippen MR) is 88.1 cm³/mol. The number of carbonyl (C=O) groups excluding carboxylic acids is 1. The van der Waals surface area contributed by atoms with Crippen LogP contribution in [0, 0.1) is 5.92 Å². The zero-order chi connectivity index (χ0) is 16.7. The van der Waals surface area contributed by atoms with Crippen LogP contribution in [-0.4, -0.2) is 43.0 Å². The number of piperidine rings is 1. The molecule has 0 spiro atoms. The lowest BCUT2D eigenvalue weighted by Gasteiger charge is -2.32. The number of thioether (sulfide) groups is 1. The van der Waals surface area contributed by atoms with E-state index in [1.807, 2.05) is 6.92 Å². The molecule has 1 aromatic carbocycles. The third kappa shape index (κ3) is 5.66. The minimum absolute atomic E-state index is 0.242. The van der Waals surface area contributed by atoms with Gasteiger partial charge in [0.1, 0.15) is 0 Å². The largest absolute Gasteiger partial charge is 0.381 e. The number of nitrogens with zero attached hydrogens (tertiary/aromatic N) is 1. The van der Waals surface area contributed by atoms with E-state index in [2.05, 4.69) is 5.32 Å². The van der Waals surface area contributed by atoms with Crippen LogP contribution in [0.15, 0.2) is 29.2 Å². The zero-order valence-electron chi connectivity index (χ0n) is 13.1. The van der Waals surface area contributed by atoms with Gasteiger partial charge in [-0.05, 0) is 31.9 Å². The highest BCUT2D eigenvalue weighted by Gasteiger charge is 2.24. The number of hydrogen-bond acceptors (Lipinski definition) is 3. The van der Waals surface area contributed by atoms with Gasteiger partial charge in [0.05, 0.1) is 12.3 Å². The summed E-state index contributed by atoms with van der Waals surface area (Å²) in [6, 6.07) is 6.39. The van der Waals surface area contributed by atoms with Crippen molar-refractivity contribution in [1.29, 1.82) is 0 Å². The summed E-state index contributed by atoms with van der Waals surface area (Å²) in [5.74, 6) is -2.18. The Bertz CT molecular complexity index is 517. The van der Waals surface area contributed by atoms with E-state index in [0.717, 1.165) is 12.8 Å². The zero-order valence-corrected chi connectivity index (χ0v) is 14.0. The molecule has 128 valence electrons. The summed E-state index contributed by atoms with van der Waals surface area (Å²) in [6.07, 6.45) is 1.97. The average molecular weight is 344 g/mol. The highest BCUT2D eigenvalue weighted by Crippen LogP contribution is 2.32. The first kappa shape index (κ1) is 18.0. The van der Waals surface area contributed by atoms with Gasteiger partial charge in [0, 0.05) is 30.5 Å². The van der Waals surface area contributed by atoms with E-state index in [1.165, 1.54) is 0 Å². The third-order valence-electron chi connectivity index (χ3n) is 3.71. The minimum Gasteiger partial charge on any atom is -0.381 e. The fourth-order valence-electron chi connectivity index (χ4n) is 2.63. The molecule has 0 saturated carbocycles. The van der Waals surface area contributed by atoms with Crippen LogP contribution in [0.5, 0.6) is 0 Å². The summed E-state index contributed by atoms with van der Waals surface area (Å²) < 4.78 is 30.6. The number of benzene rings is 1. The monoisotopic (exact) mass is 344 g/mol. The minimum atomic E-state index is -2.52. The fourth-order valence-corrected chi connectivity index (χ4v) is 3.23. The van der Waals surface area contributed by atoms with Gasteiger partial charge in [-0.3, -0.25) is 0 Å². The van der Waals surface area contributed by atoms with Crippen molar-refractivity contribution >= 4 is 23.5 Å². The summed E-state index contributed by atoms with van der Waals surface area (Å²) >= 11 is 0.439. The molecule has 1 aliphatic heterocycles. The highest BCUT2D eigenvalue weighted by molar-refractivity contribution is 7.99. The smallest absolute Gasteiger partial charge is 0.321 e. The molecular weight excluding hydrogens is 322 g/mol. The molecule has 7 heteroatoms. The highest BCUT2D eigenvalue weighted by atomic mass is 32.2. The van der Waals surface area contributed by atoms with Gasteiger partial charge in [-0.2, -0.15) is 8.78 Å². The number of amides is 2. The summed E-state index contributed by atoms with van der Waals surface area (Å²) in [5, 5.41) is 2.75. The van der Waals surface area contributed by atoms with E-state index in [-0.39, 0.29) is 6.03 Å². The van der Waals surface area contributed by atoms with Gasteiger partial charge in [0.15, 0.2) is 0 Å². The molecule has 2 amide bonds. The first-order valence-electron chi connectivity index (χ1n) is 7.77. The van der Waals surface area contributed by atoms with Crippen LogP contribution in [0.3, 0.4) is 0 Å². The van der Waals surface area contributed by atoms with E-state index in [4.69, 9.17) is 4.74 Å². The van der Waals surface area contributed by atoms with Crippen molar-refractivity contribution in [2.75, 3.05) is 31.6 Å². The topological polar surface area (TPSA) is 41.6 Å². The molecule has 0 bridgehead atoms. The van der Waals surface area contributed by atoms with Crippen molar-refractivity contribution in [3.05, 3.63) is 24.3 Å². The Labute approximate surface area is 139 Å². The number of rotatable bonds is 6. The maximum absolute atomic E-state index is 12.6. The number of ether oxygens (including phenoxy) is 1. The first-order chi connectivity index (χ1) is 11.1. The molecule has 0 unspecified atom stereocenters. The van der Waals surface area contributed by atoms with Crippen molar-refractivity contribution in [2.45, 2.75) is 30.4 Å². The standard InChI is InChI=1S/C16H22F2N2O2S/c1-2-22-11-12-6-5-9-20(10-12)16(21)19-13-7-3-4-8-14(13)23-15(17)18/h3-4,7-8,12,15H,2,5-6,9-11H2,1H3,(H,19,21)/t12-/m1/s1. The van der Waals surface area contributed by atoms with E-state index in [0.29, 0.717) is 54.6 Å². The Morgan fingerprint density at radius 3 is 3.00 bits per heavy atom. The van der Waals surface area contributed by atoms with Crippen LogP contribution in [0.2, 0.25) is 0 Å². The molecule has 0 radical (unpaired) electrons. The maximum atomic E-state index is 12.6. The van der Waals surface area contributed by atoms with Crippen molar-refractivity contribution < 1.29 is 18.3 Å². The van der Waals surface area contributed by atoms with Gasteiger partial charge in [-0.15, -0.1) is 0 Å². The van der Waals surface area contributed by atoms with E-state index >= 15 is 0 Å². The molecule has 1 N–H and O–H groups in total. The van der Waals surface area contributed by atoms with Crippen molar-refractivity contribution in [3.63, 3.8) is 0 Å². The van der Waals surface area contributed by atoms with Gasteiger partial charge < -0.3 is 15.0 Å². The number of alkyl halides is 2. The van der Waals surface area contributed by atoms with Crippen LogP contribution < -0.4 is 5.32 Å². The second-order valence-electron chi connectivity index (χ2n) is 5.42.